The summed E-state index contributed by atoms with van der Waals surface area (Å²) < 4.78 is 0. The smallest absolute Gasteiger partial charge is 0.156 e. The van der Waals surface area contributed by atoms with Gasteiger partial charge in [0.15, 0.2) is 5.82 Å². The van der Waals surface area contributed by atoms with E-state index in [1.54, 1.807) is 6.20 Å². The van der Waals surface area contributed by atoms with Gasteiger partial charge in [0.05, 0.1) is 28.1 Å². The first-order valence-electron chi connectivity index (χ1n) is 10.2. The molecule has 0 atom stereocenters. The molecule has 5 rings (SSSR count). The van der Waals surface area contributed by atoms with Crippen LogP contribution in [0, 0.1) is 0 Å². The molecule has 0 saturated carbocycles. The van der Waals surface area contributed by atoms with Crippen LogP contribution in [0.4, 0.5) is 11.6 Å². The minimum atomic E-state index is 0.387. The molecule has 33 heavy (non-hydrogen) atoms. The molecule has 3 heterocycles. The van der Waals surface area contributed by atoms with Crippen molar-refractivity contribution in [2.75, 3.05) is 18.1 Å². The number of nitrogens with one attached hydrogen (secondary N) is 2. The van der Waals surface area contributed by atoms with Crippen molar-refractivity contribution in [2.45, 2.75) is 10.8 Å². The molecule has 0 aliphatic rings. The summed E-state index contributed by atoms with van der Waals surface area (Å²) in [6.45, 7) is 0. The number of nitrogens with two attached hydrogens (primary N) is 1. The number of halogens is 1. The van der Waals surface area contributed by atoms with E-state index >= 15 is 0 Å². The minimum absolute atomic E-state index is 0.387. The summed E-state index contributed by atoms with van der Waals surface area (Å²) in [5.74, 6) is 1.88. The summed E-state index contributed by atoms with van der Waals surface area (Å²) in [7, 11) is 1.84. The van der Waals surface area contributed by atoms with Crippen LogP contribution in [0.15, 0.2) is 72.0 Å². The average Bonchev–Trinajstić information content (AvgIpc) is 3.33. The third-order valence-electron chi connectivity index (χ3n) is 5.17. The normalized spacial score (nSPS) is 11.1. The zero-order valence-corrected chi connectivity index (χ0v) is 19.3. The van der Waals surface area contributed by atoms with Crippen molar-refractivity contribution in [3.8, 4) is 22.5 Å². The number of hydrogen-bond acceptors (Lipinski definition) is 7. The van der Waals surface area contributed by atoms with Crippen molar-refractivity contribution in [3.05, 3.63) is 77.6 Å². The van der Waals surface area contributed by atoms with E-state index in [1.165, 1.54) is 11.8 Å². The third-order valence-corrected chi connectivity index (χ3v) is 6.52. The Morgan fingerprint density at radius 3 is 2.58 bits per heavy atom. The van der Waals surface area contributed by atoms with Gasteiger partial charge in [-0.15, -0.1) is 0 Å². The predicted octanol–water partition coefficient (Wildman–Crippen LogP) is 5.65. The van der Waals surface area contributed by atoms with Gasteiger partial charge in [-0.25, -0.2) is 15.0 Å². The van der Waals surface area contributed by atoms with E-state index in [0.717, 1.165) is 33.4 Å². The molecule has 7 nitrogen and oxygen atoms in total. The summed E-state index contributed by atoms with van der Waals surface area (Å²) in [6.07, 6.45) is 3.59. The second kappa shape index (κ2) is 9.09. The fourth-order valence-corrected chi connectivity index (χ4v) is 4.59. The molecule has 0 unspecified atom stereocenters. The first-order valence-corrected chi connectivity index (χ1v) is 11.6. The number of anilines is 2. The first-order chi connectivity index (χ1) is 16.1. The zero-order chi connectivity index (χ0) is 22.8. The molecule has 2 aromatic carbocycles. The Bertz CT molecular complexity index is 1420. The highest BCUT2D eigenvalue weighted by Gasteiger charge is 2.18. The molecular formula is C24H20ClN7S. The van der Waals surface area contributed by atoms with Gasteiger partial charge >= 0.3 is 0 Å². The summed E-state index contributed by atoms with van der Waals surface area (Å²) in [4.78, 5) is 14.1. The van der Waals surface area contributed by atoms with Gasteiger partial charge in [-0.2, -0.15) is 5.10 Å². The van der Waals surface area contributed by atoms with Crippen LogP contribution in [0.1, 0.15) is 5.56 Å². The molecule has 0 bridgehead atoms. The quantitative estimate of drug-likeness (QED) is 0.273. The summed E-state index contributed by atoms with van der Waals surface area (Å²) in [6, 6.07) is 17.7. The van der Waals surface area contributed by atoms with Gasteiger partial charge < -0.3 is 11.1 Å². The van der Waals surface area contributed by atoms with Crippen LogP contribution in [0.25, 0.3) is 33.4 Å². The van der Waals surface area contributed by atoms with Crippen LogP contribution in [-0.2, 0) is 5.75 Å². The number of aromatic nitrogens is 5. The SMILES string of the molecule is CNc1ccc(CSc2nc(-c3cc(Cl)c4[nH]ncc4c3)c(-c3ccccc3)nc2N)cn1. The third kappa shape index (κ3) is 4.35. The Morgan fingerprint density at radius 1 is 1.00 bits per heavy atom. The predicted molar refractivity (Wildman–Crippen MR) is 135 cm³/mol. The van der Waals surface area contributed by atoms with Crippen LogP contribution >= 0.6 is 23.4 Å². The van der Waals surface area contributed by atoms with Crippen LogP contribution in [0.5, 0.6) is 0 Å². The van der Waals surface area contributed by atoms with E-state index < -0.39 is 0 Å². The van der Waals surface area contributed by atoms with E-state index in [2.05, 4.69) is 20.5 Å². The summed E-state index contributed by atoms with van der Waals surface area (Å²) in [5, 5.41) is 12.2. The lowest BCUT2D eigenvalue weighted by molar-refractivity contribution is 1.08. The lowest BCUT2D eigenvalue weighted by atomic mass is 10.0. The second-order valence-corrected chi connectivity index (χ2v) is 8.73. The number of rotatable bonds is 6. The van der Waals surface area contributed by atoms with Crippen LogP contribution in [0.3, 0.4) is 0 Å². The van der Waals surface area contributed by atoms with E-state index in [9.17, 15) is 0 Å². The number of thioether (sulfide) groups is 1. The summed E-state index contributed by atoms with van der Waals surface area (Å²) >= 11 is 8.05. The number of benzene rings is 2. The molecule has 4 N–H and O–H groups in total. The van der Waals surface area contributed by atoms with Crippen LogP contribution < -0.4 is 11.1 Å². The highest BCUT2D eigenvalue weighted by molar-refractivity contribution is 7.98. The highest BCUT2D eigenvalue weighted by Crippen LogP contribution is 2.37. The van der Waals surface area contributed by atoms with Gasteiger partial charge in [-0.05, 0) is 23.8 Å². The second-order valence-electron chi connectivity index (χ2n) is 7.36. The lowest BCUT2D eigenvalue weighted by Crippen LogP contribution is -2.02. The van der Waals surface area contributed by atoms with Crippen molar-refractivity contribution in [1.29, 1.82) is 0 Å². The highest BCUT2D eigenvalue weighted by atomic mass is 35.5. The monoisotopic (exact) mass is 473 g/mol. The lowest BCUT2D eigenvalue weighted by Gasteiger charge is -2.13. The molecule has 0 amide bonds. The Kier molecular flexibility index (Phi) is 5.85. The molecule has 0 fully saturated rings. The first kappa shape index (κ1) is 21.2. The van der Waals surface area contributed by atoms with E-state index in [1.807, 2.05) is 67.8 Å². The van der Waals surface area contributed by atoms with Gasteiger partial charge in [-0.3, -0.25) is 5.10 Å². The molecule has 0 aliphatic heterocycles. The number of nitrogens with zero attached hydrogens (tertiary/aromatic N) is 4. The average molecular weight is 474 g/mol. The van der Waals surface area contributed by atoms with Gasteiger partial charge in [-0.1, -0.05) is 59.8 Å². The van der Waals surface area contributed by atoms with Crippen molar-refractivity contribution in [2.24, 2.45) is 0 Å². The molecule has 3 aromatic heterocycles. The van der Waals surface area contributed by atoms with Crippen LogP contribution in [-0.4, -0.2) is 32.2 Å². The minimum Gasteiger partial charge on any atom is -0.381 e. The van der Waals surface area contributed by atoms with Crippen molar-refractivity contribution in [3.63, 3.8) is 0 Å². The molecule has 9 heteroatoms. The number of hydrogen-bond donors (Lipinski definition) is 3. The molecular weight excluding hydrogens is 454 g/mol. The van der Waals surface area contributed by atoms with Gasteiger partial charge in [0.25, 0.3) is 0 Å². The maximum Gasteiger partial charge on any atom is 0.156 e. The largest absolute Gasteiger partial charge is 0.381 e. The summed E-state index contributed by atoms with van der Waals surface area (Å²) in [5.41, 5.74) is 11.4. The zero-order valence-electron chi connectivity index (χ0n) is 17.7. The number of nitrogen functional groups attached to an aromatic ring is 1. The number of H-pyrrole nitrogens is 1. The van der Waals surface area contributed by atoms with Crippen molar-refractivity contribution >= 4 is 45.9 Å². The van der Waals surface area contributed by atoms with Gasteiger partial charge in [0.2, 0.25) is 0 Å². The Balaban J connectivity index is 1.58. The molecule has 0 radical (unpaired) electrons. The van der Waals surface area contributed by atoms with E-state index in [0.29, 0.717) is 33.0 Å². The molecule has 164 valence electrons. The van der Waals surface area contributed by atoms with Crippen molar-refractivity contribution < 1.29 is 0 Å². The fourth-order valence-electron chi connectivity index (χ4n) is 3.50. The van der Waals surface area contributed by atoms with E-state index in [4.69, 9.17) is 27.3 Å². The maximum absolute atomic E-state index is 6.53. The number of pyridine rings is 1. The number of fused-ring (bicyclic) bond motifs is 1. The molecule has 0 saturated heterocycles. The topological polar surface area (TPSA) is 105 Å². The Hall–Kier alpha value is -3.62. The van der Waals surface area contributed by atoms with Crippen LogP contribution in [0.2, 0.25) is 5.02 Å². The fraction of sp³-hybridized carbons (Fsp3) is 0.0833. The Morgan fingerprint density at radius 2 is 1.82 bits per heavy atom. The Labute approximate surface area is 199 Å². The van der Waals surface area contributed by atoms with E-state index in [-0.39, 0.29) is 0 Å². The van der Waals surface area contributed by atoms with Crippen molar-refractivity contribution in [1.82, 2.24) is 25.1 Å². The maximum atomic E-state index is 6.53. The number of aromatic amines is 1. The standard InChI is InChI=1S/C24H20ClN7S/c1-27-19-8-7-14(11-28-19)13-33-24-23(26)30-21(15-5-3-2-4-6-15)22(31-24)16-9-17-12-29-32-20(17)18(25)10-16/h2-12H,13H2,1H3,(H2,26,30)(H,27,28)(H,29,32). The molecule has 0 aliphatic carbocycles. The molecule has 5 aromatic rings. The molecule has 0 spiro atoms. The van der Waals surface area contributed by atoms with Gasteiger partial charge in [0.1, 0.15) is 10.8 Å². The van der Waals surface area contributed by atoms with Gasteiger partial charge in [0, 0.05) is 35.5 Å².